The standard InChI is InChI=1S/C9H11O4/c1-4(10)6-3-7(9(12)13)8(6)5(2)11/h3,6-8H,1-2H3,(H,12,13). The topological polar surface area (TPSA) is 71.4 Å². The van der Waals surface area contributed by atoms with Crippen molar-refractivity contribution in [2.75, 3.05) is 0 Å². The fourth-order valence-corrected chi connectivity index (χ4v) is 1.67. The normalized spacial score (nSPS) is 32.0. The molecule has 3 atom stereocenters. The molecule has 0 aromatic carbocycles. The van der Waals surface area contributed by atoms with E-state index in [-0.39, 0.29) is 11.6 Å². The van der Waals surface area contributed by atoms with Gasteiger partial charge in [-0.2, -0.15) is 0 Å². The highest BCUT2D eigenvalue weighted by atomic mass is 16.4. The van der Waals surface area contributed by atoms with Gasteiger partial charge in [0, 0.05) is 11.8 Å². The molecule has 0 saturated heterocycles. The van der Waals surface area contributed by atoms with Crippen LogP contribution in [0.4, 0.5) is 0 Å². The van der Waals surface area contributed by atoms with Crippen LogP contribution in [-0.4, -0.2) is 22.6 Å². The first kappa shape index (κ1) is 9.89. The van der Waals surface area contributed by atoms with E-state index in [0.717, 1.165) is 0 Å². The van der Waals surface area contributed by atoms with Crippen molar-refractivity contribution in [1.82, 2.24) is 0 Å². The molecular weight excluding hydrogens is 172 g/mol. The summed E-state index contributed by atoms with van der Waals surface area (Å²) in [6.07, 6.45) is 1.43. The molecule has 0 heterocycles. The van der Waals surface area contributed by atoms with Gasteiger partial charge in [0.2, 0.25) is 0 Å². The predicted octanol–water partition coefficient (Wildman–Crippen LogP) is 0.315. The van der Waals surface area contributed by atoms with E-state index in [0.29, 0.717) is 0 Å². The van der Waals surface area contributed by atoms with Gasteiger partial charge in [0.25, 0.3) is 0 Å². The minimum atomic E-state index is -1.03. The molecule has 0 aromatic rings. The van der Waals surface area contributed by atoms with E-state index in [4.69, 9.17) is 5.11 Å². The fourth-order valence-electron chi connectivity index (χ4n) is 1.67. The molecule has 1 radical (unpaired) electrons. The third-order valence-electron chi connectivity index (χ3n) is 2.41. The summed E-state index contributed by atoms with van der Waals surface area (Å²) in [6, 6.07) is 0. The van der Waals surface area contributed by atoms with Crippen molar-refractivity contribution < 1.29 is 19.5 Å². The van der Waals surface area contributed by atoms with E-state index in [1.165, 1.54) is 20.3 Å². The van der Waals surface area contributed by atoms with Gasteiger partial charge >= 0.3 is 5.97 Å². The van der Waals surface area contributed by atoms with Gasteiger partial charge in [-0.15, -0.1) is 0 Å². The summed E-state index contributed by atoms with van der Waals surface area (Å²) in [5, 5.41) is 8.66. The van der Waals surface area contributed by atoms with E-state index in [1.54, 1.807) is 0 Å². The number of carboxylic acid groups (broad SMARTS) is 1. The monoisotopic (exact) mass is 183 g/mol. The van der Waals surface area contributed by atoms with Gasteiger partial charge in [0.1, 0.15) is 11.6 Å². The Balaban J connectivity index is 2.74. The summed E-state index contributed by atoms with van der Waals surface area (Å²) < 4.78 is 0. The second-order valence-corrected chi connectivity index (χ2v) is 3.33. The maximum absolute atomic E-state index is 11.0. The number of hydrogen-bond acceptors (Lipinski definition) is 3. The van der Waals surface area contributed by atoms with Crippen LogP contribution in [0.5, 0.6) is 0 Å². The summed E-state index contributed by atoms with van der Waals surface area (Å²) in [4.78, 5) is 32.5. The van der Waals surface area contributed by atoms with E-state index in [1.807, 2.05) is 0 Å². The van der Waals surface area contributed by atoms with Crippen molar-refractivity contribution in [3.63, 3.8) is 0 Å². The van der Waals surface area contributed by atoms with Crippen molar-refractivity contribution in [2.24, 2.45) is 17.8 Å². The van der Waals surface area contributed by atoms with Crippen LogP contribution in [0.1, 0.15) is 13.8 Å². The molecule has 1 N–H and O–H groups in total. The molecule has 1 fully saturated rings. The average Bonchev–Trinajstić information content (AvgIpc) is 1.79. The second-order valence-electron chi connectivity index (χ2n) is 3.33. The Morgan fingerprint density at radius 3 is 1.92 bits per heavy atom. The van der Waals surface area contributed by atoms with Gasteiger partial charge < -0.3 is 5.11 Å². The Morgan fingerprint density at radius 1 is 1.08 bits per heavy atom. The number of carbonyl (C=O) groups excluding carboxylic acids is 2. The summed E-state index contributed by atoms with van der Waals surface area (Å²) in [6.45, 7) is 2.69. The SMILES string of the molecule is CC(=O)C1[CH]C(C(=O)O)C1C(C)=O. The number of aliphatic carboxylic acids is 1. The van der Waals surface area contributed by atoms with Crippen molar-refractivity contribution in [2.45, 2.75) is 13.8 Å². The summed E-state index contributed by atoms with van der Waals surface area (Å²) in [5.74, 6) is -3.30. The third-order valence-corrected chi connectivity index (χ3v) is 2.41. The first-order chi connectivity index (χ1) is 5.95. The van der Waals surface area contributed by atoms with Crippen LogP contribution >= 0.6 is 0 Å². The molecule has 0 aromatic heterocycles. The molecule has 1 saturated carbocycles. The lowest BCUT2D eigenvalue weighted by molar-refractivity contribution is -0.152. The van der Waals surface area contributed by atoms with Gasteiger partial charge in [-0.3, -0.25) is 14.4 Å². The summed E-state index contributed by atoms with van der Waals surface area (Å²) in [7, 11) is 0. The quantitative estimate of drug-likeness (QED) is 0.683. The van der Waals surface area contributed by atoms with Crippen molar-refractivity contribution in [3.05, 3.63) is 6.42 Å². The first-order valence-corrected chi connectivity index (χ1v) is 4.04. The molecule has 4 nitrogen and oxygen atoms in total. The van der Waals surface area contributed by atoms with Gasteiger partial charge in [-0.25, -0.2) is 0 Å². The van der Waals surface area contributed by atoms with Gasteiger partial charge in [0.15, 0.2) is 0 Å². The van der Waals surface area contributed by atoms with Gasteiger partial charge in [-0.05, 0) is 20.3 Å². The highest BCUT2D eigenvalue weighted by molar-refractivity contribution is 5.96. The van der Waals surface area contributed by atoms with E-state index in [9.17, 15) is 14.4 Å². The Kier molecular flexibility index (Phi) is 2.50. The molecule has 13 heavy (non-hydrogen) atoms. The number of rotatable bonds is 3. The highest BCUT2D eigenvalue weighted by Gasteiger charge is 2.50. The van der Waals surface area contributed by atoms with Crippen LogP contribution in [-0.2, 0) is 14.4 Å². The lowest BCUT2D eigenvalue weighted by Crippen LogP contribution is -2.48. The zero-order chi connectivity index (χ0) is 10.2. The number of hydrogen-bond donors (Lipinski definition) is 1. The zero-order valence-electron chi connectivity index (χ0n) is 7.48. The van der Waals surface area contributed by atoms with Crippen molar-refractivity contribution in [3.8, 4) is 0 Å². The van der Waals surface area contributed by atoms with Crippen LogP contribution < -0.4 is 0 Å². The lowest BCUT2D eigenvalue weighted by Gasteiger charge is -2.38. The molecule has 71 valence electrons. The smallest absolute Gasteiger partial charge is 0.307 e. The Morgan fingerprint density at radius 2 is 1.62 bits per heavy atom. The van der Waals surface area contributed by atoms with E-state index < -0.39 is 23.7 Å². The minimum absolute atomic E-state index is 0.141. The summed E-state index contributed by atoms with van der Waals surface area (Å²) in [5.41, 5.74) is 0. The van der Waals surface area contributed by atoms with Crippen LogP contribution in [0.15, 0.2) is 0 Å². The zero-order valence-corrected chi connectivity index (χ0v) is 7.48. The van der Waals surface area contributed by atoms with E-state index in [2.05, 4.69) is 0 Å². The molecule has 0 aliphatic heterocycles. The molecule has 0 bridgehead atoms. The molecule has 0 spiro atoms. The maximum Gasteiger partial charge on any atom is 0.307 e. The summed E-state index contributed by atoms with van der Waals surface area (Å²) >= 11 is 0. The van der Waals surface area contributed by atoms with Gasteiger partial charge in [-0.1, -0.05) is 0 Å². The third kappa shape index (κ3) is 1.61. The molecular formula is C9H11O4. The molecule has 0 amide bonds. The number of Topliss-reactive ketones (excluding diaryl/α,β-unsaturated/α-hetero) is 2. The Hall–Kier alpha value is -1.19. The Labute approximate surface area is 75.9 Å². The van der Waals surface area contributed by atoms with Crippen LogP contribution in [0.25, 0.3) is 0 Å². The minimum Gasteiger partial charge on any atom is -0.481 e. The highest BCUT2D eigenvalue weighted by Crippen LogP contribution is 2.40. The fraction of sp³-hybridized carbons (Fsp3) is 0.556. The molecule has 1 aliphatic carbocycles. The van der Waals surface area contributed by atoms with Crippen LogP contribution in [0.2, 0.25) is 0 Å². The number of carbonyl (C=O) groups is 3. The second kappa shape index (κ2) is 3.28. The molecule has 4 heteroatoms. The van der Waals surface area contributed by atoms with Crippen LogP contribution in [0, 0.1) is 24.2 Å². The lowest BCUT2D eigenvalue weighted by atomic mass is 9.62. The average molecular weight is 183 g/mol. The molecule has 3 unspecified atom stereocenters. The maximum atomic E-state index is 11.0. The van der Waals surface area contributed by atoms with Crippen LogP contribution in [0.3, 0.4) is 0 Å². The number of ketones is 2. The Bertz CT molecular complexity index is 249. The molecule has 1 rings (SSSR count). The van der Waals surface area contributed by atoms with Crippen molar-refractivity contribution >= 4 is 17.5 Å². The largest absolute Gasteiger partial charge is 0.481 e. The predicted molar refractivity (Wildman–Crippen MR) is 43.8 cm³/mol. The van der Waals surface area contributed by atoms with E-state index >= 15 is 0 Å². The van der Waals surface area contributed by atoms with Gasteiger partial charge in [0.05, 0.1) is 5.92 Å². The van der Waals surface area contributed by atoms with Crippen molar-refractivity contribution in [1.29, 1.82) is 0 Å². The first-order valence-electron chi connectivity index (χ1n) is 4.04. The molecule has 1 aliphatic rings. The number of carboxylic acids is 1.